The van der Waals surface area contributed by atoms with E-state index in [0.717, 1.165) is 18.0 Å². The second-order valence-corrected chi connectivity index (χ2v) is 10.1. The summed E-state index contributed by atoms with van der Waals surface area (Å²) in [5, 5.41) is 8.51. The molecule has 3 rings (SSSR count). The number of para-hydroxylation sites is 2. The number of sulfone groups is 1. The van der Waals surface area contributed by atoms with Gasteiger partial charge >= 0.3 is 0 Å². The first-order valence-electron chi connectivity index (χ1n) is 8.45. The van der Waals surface area contributed by atoms with E-state index in [1.807, 2.05) is 24.3 Å². The molecule has 1 aliphatic heterocycles. The molecule has 0 bridgehead atoms. The van der Waals surface area contributed by atoms with Crippen LogP contribution in [0.3, 0.4) is 0 Å². The average molecular weight is 416 g/mol. The molecule has 0 saturated carbocycles. The molecule has 142 valence electrons. The first kappa shape index (κ1) is 19.3. The molecule has 1 aliphatic rings. The van der Waals surface area contributed by atoms with Gasteiger partial charge < -0.3 is 15.0 Å². The summed E-state index contributed by atoms with van der Waals surface area (Å²) < 4.78 is 31.3. The Hall–Kier alpha value is -1.49. The molecule has 7 nitrogen and oxygen atoms in total. The Labute approximate surface area is 162 Å². The molecule has 1 unspecified atom stereocenters. The van der Waals surface area contributed by atoms with Gasteiger partial charge in [-0.3, -0.25) is 0 Å². The highest BCUT2D eigenvalue weighted by Gasteiger charge is 2.35. The number of benzene rings is 1. The van der Waals surface area contributed by atoms with Gasteiger partial charge in [-0.15, -0.1) is 5.10 Å². The molecule has 1 aromatic carbocycles. The van der Waals surface area contributed by atoms with E-state index in [1.165, 1.54) is 16.2 Å². The molecule has 26 heavy (non-hydrogen) atoms. The number of rotatable bonds is 7. The van der Waals surface area contributed by atoms with Crippen LogP contribution in [0.1, 0.15) is 13.3 Å². The lowest BCUT2D eigenvalue weighted by Crippen LogP contribution is -3.15. The lowest BCUT2D eigenvalue weighted by atomic mass is 10.2. The highest BCUT2D eigenvalue weighted by molar-refractivity contribution is 7.91. The van der Waals surface area contributed by atoms with Crippen LogP contribution in [0.5, 0.6) is 5.75 Å². The first-order valence-corrected chi connectivity index (χ1v) is 11.5. The molecular weight excluding hydrogens is 392 g/mol. The number of quaternary nitrogens is 1. The molecule has 2 N–H and O–H groups in total. The minimum absolute atomic E-state index is 0.110. The van der Waals surface area contributed by atoms with Crippen molar-refractivity contribution in [2.24, 2.45) is 0 Å². The number of methoxy groups -OCH3 is 1. The lowest BCUT2D eigenvalue weighted by Gasteiger charge is -2.23. The van der Waals surface area contributed by atoms with E-state index in [1.54, 1.807) is 11.8 Å². The van der Waals surface area contributed by atoms with Crippen LogP contribution in [-0.2, 0) is 16.5 Å². The largest absolute Gasteiger partial charge is 0.495 e. The Kier molecular flexibility index (Phi) is 5.96. The second-order valence-electron chi connectivity index (χ2n) is 6.27. The van der Waals surface area contributed by atoms with E-state index in [-0.39, 0.29) is 17.5 Å². The summed E-state index contributed by atoms with van der Waals surface area (Å²) in [5.74, 6) is 1.27. The normalized spacial score (nSPS) is 20.0. The third-order valence-electron chi connectivity index (χ3n) is 4.57. The highest BCUT2D eigenvalue weighted by atomic mass is 32.2. The van der Waals surface area contributed by atoms with Crippen molar-refractivity contribution >= 4 is 44.2 Å². The molecule has 1 aromatic heterocycles. The molecule has 2 heterocycles. The Bertz CT molecular complexity index is 923. The topological polar surface area (TPSA) is 77.7 Å². The van der Waals surface area contributed by atoms with Crippen molar-refractivity contribution in [2.45, 2.75) is 26.1 Å². The second kappa shape index (κ2) is 8.03. The standard InChI is InChI=1S/C16H22N4O3S3/c1-3-19(12-8-9-26(21,22)10-12)11-20-16(24)25-15(18-20)17-13-6-4-5-7-14(13)23-2/h4-7,12H,3,8-11H2,1-2H3,(H,17,18)/p+1/t12-/m0/s1. The van der Waals surface area contributed by atoms with E-state index in [2.05, 4.69) is 17.3 Å². The Morgan fingerprint density at radius 3 is 2.88 bits per heavy atom. The van der Waals surface area contributed by atoms with Gasteiger partial charge in [0.05, 0.1) is 25.1 Å². The monoisotopic (exact) mass is 415 g/mol. The molecule has 10 heteroatoms. The molecule has 0 radical (unpaired) electrons. The van der Waals surface area contributed by atoms with Gasteiger partial charge in [0, 0.05) is 6.42 Å². The van der Waals surface area contributed by atoms with Gasteiger partial charge in [0.25, 0.3) is 0 Å². The molecule has 1 fully saturated rings. The van der Waals surface area contributed by atoms with Crippen molar-refractivity contribution in [1.29, 1.82) is 0 Å². The SMILES string of the molecule is CC[NH+](Cn1nc(Nc2ccccc2OC)sc1=S)[C@H]1CCS(=O)(=O)C1. The fourth-order valence-electron chi connectivity index (χ4n) is 3.16. The lowest BCUT2D eigenvalue weighted by molar-refractivity contribution is -0.943. The van der Waals surface area contributed by atoms with Gasteiger partial charge in [-0.2, -0.15) is 4.68 Å². The highest BCUT2D eigenvalue weighted by Crippen LogP contribution is 2.28. The third kappa shape index (κ3) is 4.43. The minimum Gasteiger partial charge on any atom is -0.495 e. The average Bonchev–Trinajstić information content (AvgIpc) is 3.14. The molecule has 0 spiro atoms. The molecule has 1 saturated heterocycles. The Morgan fingerprint density at radius 2 is 2.23 bits per heavy atom. The number of anilines is 2. The van der Waals surface area contributed by atoms with Gasteiger partial charge in [-0.1, -0.05) is 23.5 Å². The van der Waals surface area contributed by atoms with E-state index >= 15 is 0 Å². The zero-order chi connectivity index (χ0) is 18.7. The van der Waals surface area contributed by atoms with Gasteiger partial charge in [-0.25, -0.2) is 8.42 Å². The summed E-state index contributed by atoms with van der Waals surface area (Å²) >= 11 is 6.84. The maximum Gasteiger partial charge on any atom is 0.209 e. The fourth-order valence-corrected chi connectivity index (χ4v) is 6.00. The molecule has 0 aliphatic carbocycles. The predicted octanol–water partition coefficient (Wildman–Crippen LogP) is 1.48. The quantitative estimate of drug-likeness (QED) is 0.667. The van der Waals surface area contributed by atoms with Crippen molar-refractivity contribution in [1.82, 2.24) is 9.78 Å². The summed E-state index contributed by atoms with van der Waals surface area (Å²) in [6.45, 7) is 3.46. The van der Waals surface area contributed by atoms with Gasteiger partial charge in [0.2, 0.25) is 5.13 Å². The van der Waals surface area contributed by atoms with Crippen LogP contribution >= 0.6 is 23.6 Å². The van der Waals surface area contributed by atoms with Crippen LogP contribution in [0.15, 0.2) is 24.3 Å². The Morgan fingerprint density at radius 1 is 1.46 bits per heavy atom. The van der Waals surface area contributed by atoms with Crippen molar-refractivity contribution in [2.75, 3.05) is 30.5 Å². The molecular formula is C16H23N4O3S3+. The fraction of sp³-hybridized carbons (Fsp3) is 0.500. The number of hydrogen-bond acceptors (Lipinski definition) is 7. The van der Waals surface area contributed by atoms with Crippen molar-refractivity contribution in [3.63, 3.8) is 0 Å². The van der Waals surface area contributed by atoms with Gasteiger partial charge in [0.15, 0.2) is 20.5 Å². The number of ether oxygens (including phenoxy) is 1. The number of aromatic nitrogens is 2. The van der Waals surface area contributed by atoms with Crippen molar-refractivity contribution in [3.8, 4) is 5.75 Å². The third-order valence-corrected chi connectivity index (χ3v) is 7.56. The van der Waals surface area contributed by atoms with Crippen LogP contribution in [0, 0.1) is 3.95 Å². The minimum atomic E-state index is -2.90. The zero-order valence-electron chi connectivity index (χ0n) is 14.8. The number of nitrogens with one attached hydrogen (secondary N) is 2. The van der Waals surface area contributed by atoms with Crippen LogP contribution in [0.2, 0.25) is 0 Å². The zero-order valence-corrected chi connectivity index (χ0v) is 17.2. The van der Waals surface area contributed by atoms with Gasteiger partial charge in [-0.05, 0) is 31.3 Å². The number of nitrogens with zero attached hydrogens (tertiary/aromatic N) is 2. The molecule has 2 atom stereocenters. The summed E-state index contributed by atoms with van der Waals surface area (Å²) in [6, 6.07) is 7.73. The smallest absolute Gasteiger partial charge is 0.209 e. The summed E-state index contributed by atoms with van der Waals surface area (Å²) in [4.78, 5) is 1.19. The van der Waals surface area contributed by atoms with Crippen LogP contribution < -0.4 is 15.0 Å². The van der Waals surface area contributed by atoms with Gasteiger partial charge in [0.1, 0.15) is 17.5 Å². The summed E-state index contributed by atoms with van der Waals surface area (Å²) in [6.07, 6.45) is 0.704. The van der Waals surface area contributed by atoms with E-state index < -0.39 is 9.84 Å². The number of hydrogen-bond donors (Lipinski definition) is 2. The Balaban J connectivity index is 1.74. The summed E-state index contributed by atoms with van der Waals surface area (Å²) in [7, 11) is -1.27. The maximum absolute atomic E-state index is 11.8. The van der Waals surface area contributed by atoms with E-state index in [0.29, 0.717) is 22.2 Å². The van der Waals surface area contributed by atoms with E-state index in [9.17, 15) is 8.42 Å². The molecule has 2 aromatic rings. The van der Waals surface area contributed by atoms with Crippen LogP contribution in [0.25, 0.3) is 0 Å². The predicted molar refractivity (Wildman–Crippen MR) is 106 cm³/mol. The summed E-state index contributed by atoms with van der Waals surface area (Å²) in [5.41, 5.74) is 0.826. The van der Waals surface area contributed by atoms with Crippen molar-refractivity contribution < 1.29 is 18.1 Å². The maximum atomic E-state index is 11.8. The van der Waals surface area contributed by atoms with E-state index in [4.69, 9.17) is 17.0 Å². The van der Waals surface area contributed by atoms with Crippen LogP contribution in [0.4, 0.5) is 10.8 Å². The first-order chi connectivity index (χ1) is 12.4. The molecule has 0 amide bonds. The van der Waals surface area contributed by atoms with Crippen molar-refractivity contribution in [3.05, 3.63) is 28.2 Å². The van der Waals surface area contributed by atoms with Crippen LogP contribution in [-0.4, -0.2) is 49.4 Å².